The minimum atomic E-state index is -0.104. The van der Waals surface area contributed by atoms with Crippen molar-refractivity contribution < 1.29 is 9.90 Å². The number of hydrogen-bond donors (Lipinski definition) is 2. The second-order valence-corrected chi connectivity index (χ2v) is 6.67. The average molecular weight is 341 g/mol. The summed E-state index contributed by atoms with van der Waals surface area (Å²) in [5, 5.41) is 12.9. The topological polar surface area (TPSA) is 67.2 Å². The molecular formula is C18H19N3O2S. The van der Waals surface area contributed by atoms with Crippen molar-refractivity contribution in [1.29, 1.82) is 0 Å². The molecule has 0 saturated heterocycles. The second-order valence-electron chi connectivity index (χ2n) is 5.73. The lowest BCUT2D eigenvalue weighted by atomic mass is 10.3. The Morgan fingerprint density at radius 1 is 1.21 bits per heavy atom. The zero-order chi connectivity index (χ0) is 17.1. The molecule has 0 saturated carbocycles. The average Bonchev–Trinajstić information content (AvgIpc) is 2.93. The summed E-state index contributed by atoms with van der Waals surface area (Å²) in [7, 11) is 0. The van der Waals surface area contributed by atoms with Crippen LogP contribution in [0.4, 0.5) is 5.69 Å². The molecular weight excluding hydrogens is 322 g/mol. The number of phenolic OH excluding ortho intramolecular Hbond substituents is 1. The van der Waals surface area contributed by atoms with Gasteiger partial charge in [-0.2, -0.15) is 0 Å². The number of thioether (sulfide) groups is 1. The summed E-state index contributed by atoms with van der Waals surface area (Å²) in [4.78, 5) is 16.8. The van der Waals surface area contributed by atoms with Crippen LogP contribution in [0.1, 0.15) is 19.9 Å². The van der Waals surface area contributed by atoms with E-state index in [1.165, 1.54) is 11.8 Å². The molecule has 1 heterocycles. The quantitative estimate of drug-likeness (QED) is 0.543. The molecule has 6 heteroatoms. The fourth-order valence-electron chi connectivity index (χ4n) is 2.50. The molecule has 2 aromatic carbocycles. The number of carbonyl (C=O) groups is 1. The maximum Gasteiger partial charge on any atom is 0.234 e. The number of phenols is 1. The Kier molecular flexibility index (Phi) is 4.76. The third-order valence-electron chi connectivity index (χ3n) is 3.56. The fraction of sp³-hybridized carbons (Fsp3) is 0.222. The molecule has 1 amide bonds. The Morgan fingerprint density at radius 2 is 1.92 bits per heavy atom. The van der Waals surface area contributed by atoms with E-state index in [4.69, 9.17) is 0 Å². The Bertz CT molecular complexity index is 856. The van der Waals surface area contributed by atoms with E-state index in [9.17, 15) is 9.90 Å². The number of nitrogens with one attached hydrogen (secondary N) is 1. The molecule has 0 unspecified atom stereocenters. The number of anilines is 1. The number of imidazole rings is 1. The van der Waals surface area contributed by atoms with Gasteiger partial charge in [0.25, 0.3) is 0 Å². The van der Waals surface area contributed by atoms with Gasteiger partial charge >= 0.3 is 0 Å². The van der Waals surface area contributed by atoms with E-state index in [-0.39, 0.29) is 23.5 Å². The largest absolute Gasteiger partial charge is 0.508 e. The van der Waals surface area contributed by atoms with Gasteiger partial charge in [0.1, 0.15) is 5.75 Å². The smallest absolute Gasteiger partial charge is 0.234 e. The lowest BCUT2D eigenvalue weighted by Crippen LogP contribution is -2.14. The molecule has 5 nitrogen and oxygen atoms in total. The van der Waals surface area contributed by atoms with Crippen LogP contribution in [0.15, 0.2) is 53.7 Å². The molecule has 24 heavy (non-hydrogen) atoms. The van der Waals surface area contributed by atoms with Crippen LogP contribution >= 0.6 is 11.8 Å². The van der Waals surface area contributed by atoms with E-state index in [0.29, 0.717) is 5.69 Å². The molecule has 0 aliphatic carbocycles. The molecule has 0 aliphatic rings. The first-order valence-corrected chi connectivity index (χ1v) is 8.72. The van der Waals surface area contributed by atoms with Gasteiger partial charge in [-0.05, 0) is 50.2 Å². The van der Waals surface area contributed by atoms with Crippen LogP contribution in [0, 0.1) is 0 Å². The number of rotatable bonds is 5. The molecule has 124 valence electrons. The molecule has 3 rings (SSSR count). The minimum Gasteiger partial charge on any atom is -0.508 e. The molecule has 2 N–H and O–H groups in total. The number of fused-ring (bicyclic) bond motifs is 1. The van der Waals surface area contributed by atoms with Gasteiger partial charge < -0.3 is 15.0 Å². The van der Waals surface area contributed by atoms with E-state index < -0.39 is 0 Å². The molecule has 3 aromatic rings. The molecule has 0 radical (unpaired) electrons. The molecule has 0 fully saturated rings. The van der Waals surface area contributed by atoms with Crippen LogP contribution in [-0.2, 0) is 4.79 Å². The standard InChI is InChI=1S/C18H19N3O2S/c1-12(2)21-16-6-4-3-5-15(16)20-18(21)24-11-17(23)19-13-7-9-14(22)10-8-13/h3-10,12,22H,11H2,1-2H3,(H,19,23). The molecule has 0 spiro atoms. The van der Waals surface area contributed by atoms with Gasteiger partial charge in [-0.3, -0.25) is 4.79 Å². The van der Waals surface area contributed by atoms with Crippen molar-refractivity contribution in [2.24, 2.45) is 0 Å². The summed E-state index contributed by atoms with van der Waals surface area (Å²) in [6, 6.07) is 14.7. The van der Waals surface area contributed by atoms with E-state index in [1.807, 2.05) is 24.3 Å². The third kappa shape index (κ3) is 3.54. The summed E-state index contributed by atoms with van der Waals surface area (Å²) in [6.07, 6.45) is 0. The molecule has 1 aromatic heterocycles. The van der Waals surface area contributed by atoms with Crippen LogP contribution in [-0.4, -0.2) is 26.3 Å². The van der Waals surface area contributed by atoms with Crippen LogP contribution in [0.2, 0.25) is 0 Å². The van der Waals surface area contributed by atoms with Crippen molar-refractivity contribution in [2.75, 3.05) is 11.1 Å². The lowest BCUT2D eigenvalue weighted by Gasteiger charge is -2.12. The number of para-hydroxylation sites is 2. The van der Waals surface area contributed by atoms with Crippen LogP contribution in [0.5, 0.6) is 5.75 Å². The first-order chi connectivity index (χ1) is 11.5. The van der Waals surface area contributed by atoms with Gasteiger partial charge in [0.15, 0.2) is 5.16 Å². The first kappa shape index (κ1) is 16.4. The van der Waals surface area contributed by atoms with Gasteiger partial charge in [0, 0.05) is 11.7 Å². The van der Waals surface area contributed by atoms with Crippen molar-refractivity contribution in [3.8, 4) is 5.75 Å². The number of carbonyl (C=O) groups excluding carboxylic acids is 1. The molecule has 0 atom stereocenters. The van der Waals surface area contributed by atoms with Gasteiger partial charge in [-0.25, -0.2) is 4.98 Å². The van der Waals surface area contributed by atoms with E-state index >= 15 is 0 Å². The van der Waals surface area contributed by atoms with Gasteiger partial charge in [-0.15, -0.1) is 0 Å². The summed E-state index contributed by atoms with van der Waals surface area (Å²) in [5.74, 6) is 0.345. The Labute approximate surface area is 144 Å². The van der Waals surface area contributed by atoms with E-state index in [1.54, 1.807) is 24.3 Å². The Morgan fingerprint density at radius 3 is 2.62 bits per heavy atom. The highest BCUT2D eigenvalue weighted by atomic mass is 32.2. The number of aromatic nitrogens is 2. The number of benzene rings is 2. The molecule has 0 bridgehead atoms. The summed E-state index contributed by atoms with van der Waals surface area (Å²) >= 11 is 1.42. The normalized spacial score (nSPS) is 11.1. The highest BCUT2D eigenvalue weighted by Gasteiger charge is 2.14. The van der Waals surface area contributed by atoms with E-state index in [2.05, 4.69) is 28.7 Å². The van der Waals surface area contributed by atoms with Crippen LogP contribution < -0.4 is 5.32 Å². The van der Waals surface area contributed by atoms with Gasteiger partial charge in [-0.1, -0.05) is 23.9 Å². The summed E-state index contributed by atoms with van der Waals surface area (Å²) in [5.41, 5.74) is 2.68. The number of amides is 1. The van der Waals surface area contributed by atoms with Gasteiger partial charge in [0.05, 0.1) is 16.8 Å². The molecule has 0 aliphatic heterocycles. The Hall–Kier alpha value is -2.47. The van der Waals surface area contributed by atoms with Crippen LogP contribution in [0.3, 0.4) is 0 Å². The highest BCUT2D eigenvalue weighted by molar-refractivity contribution is 7.99. The monoisotopic (exact) mass is 341 g/mol. The van der Waals surface area contributed by atoms with Gasteiger partial charge in [0.2, 0.25) is 5.91 Å². The minimum absolute atomic E-state index is 0.104. The summed E-state index contributed by atoms with van der Waals surface area (Å²) in [6.45, 7) is 4.21. The van der Waals surface area contributed by atoms with Crippen molar-refractivity contribution in [3.05, 3.63) is 48.5 Å². The fourth-order valence-corrected chi connectivity index (χ4v) is 3.44. The SMILES string of the molecule is CC(C)n1c(SCC(=O)Nc2ccc(O)cc2)nc2ccccc21. The lowest BCUT2D eigenvalue weighted by molar-refractivity contribution is -0.113. The van der Waals surface area contributed by atoms with Crippen molar-refractivity contribution in [2.45, 2.75) is 25.0 Å². The number of nitrogens with zero attached hydrogens (tertiary/aromatic N) is 2. The highest BCUT2D eigenvalue weighted by Crippen LogP contribution is 2.27. The van der Waals surface area contributed by atoms with Crippen LogP contribution in [0.25, 0.3) is 11.0 Å². The number of aromatic hydroxyl groups is 1. The predicted molar refractivity (Wildman–Crippen MR) is 97.6 cm³/mol. The first-order valence-electron chi connectivity index (χ1n) is 7.73. The predicted octanol–water partition coefficient (Wildman–Crippen LogP) is 4.05. The number of hydrogen-bond acceptors (Lipinski definition) is 4. The zero-order valence-electron chi connectivity index (χ0n) is 13.6. The maximum atomic E-state index is 12.1. The second kappa shape index (κ2) is 6.97. The zero-order valence-corrected chi connectivity index (χ0v) is 14.4. The maximum absolute atomic E-state index is 12.1. The summed E-state index contributed by atoms with van der Waals surface area (Å²) < 4.78 is 2.15. The van der Waals surface area contributed by atoms with Crippen molar-refractivity contribution >= 4 is 34.4 Å². The van der Waals surface area contributed by atoms with Crippen molar-refractivity contribution in [3.63, 3.8) is 0 Å². The van der Waals surface area contributed by atoms with E-state index in [0.717, 1.165) is 16.2 Å². The van der Waals surface area contributed by atoms with Crippen molar-refractivity contribution in [1.82, 2.24) is 9.55 Å². The third-order valence-corrected chi connectivity index (χ3v) is 4.52. The Balaban J connectivity index is 1.72.